The first-order valence-corrected chi connectivity index (χ1v) is 23.4. The number of nitrogens with one attached hydrogen (secondary N) is 2. The van der Waals surface area contributed by atoms with E-state index in [4.69, 9.17) is 43.3 Å². The molecule has 2 rings (SSSR count). The van der Waals surface area contributed by atoms with E-state index in [1.165, 1.54) is 6.92 Å². The number of carboxylic acid groups (broad SMARTS) is 1. The van der Waals surface area contributed by atoms with Gasteiger partial charge in [-0.15, -0.1) is 0 Å². The molecule has 1 heterocycles. The molecule has 32 heteroatoms. The van der Waals surface area contributed by atoms with E-state index in [1.54, 1.807) is 0 Å². The summed E-state index contributed by atoms with van der Waals surface area (Å²) in [5.74, 6) is -15.7. The smallest absolute Gasteiger partial charge is 0.328 e. The normalized spacial score (nSPS) is 22.2. The Morgan fingerprint density at radius 3 is 1.87 bits per heavy atom. The van der Waals surface area contributed by atoms with Gasteiger partial charge >= 0.3 is 27.1 Å². The highest BCUT2D eigenvalue weighted by Gasteiger charge is 2.45. The van der Waals surface area contributed by atoms with Gasteiger partial charge in [-0.1, -0.05) is 6.92 Å². The molecule has 0 radical (unpaired) electrons. The van der Waals surface area contributed by atoms with E-state index in [0.29, 0.717) is 0 Å². The van der Waals surface area contributed by atoms with Crippen molar-refractivity contribution in [1.82, 2.24) is 10.6 Å². The van der Waals surface area contributed by atoms with Crippen molar-refractivity contribution in [2.75, 3.05) is 52.0 Å². The van der Waals surface area contributed by atoms with Crippen LogP contribution in [0.2, 0.25) is 0 Å². The lowest BCUT2D eigenvalue weighted by atomic mass is 9.94. The first-order valence-electron chi connectivity index (χ1n) is 19.8. The number of carbonyl (C=O) groups is 4. The average molecular weight is 1020 g/mol. The molecule has 12 atom stereocenters. The first kappa shape index (κ1) is 59.8. The Balaban J connectivity index is 2.05. The average Bonchev–Trinajstić information content (AvgIpc) is 3.24. The van der Waals surface area contributed by atoms with Crippen LogP contribution in [0.25, 0.3) is 0 Å². The molecule has 26 nitrogen and oxygen atoms in total. The fourth-order valence-corrected chi connectivity index (χ4v) is 7.00. The number of aliphatic hydroxyl groups is 7. The Morgan fingerprint density at radius 2 is 1.31 bits per heavy atom. The highest BCUT2D eigenvalue weighted by atomic mass is 31.2. The van der Waals surface area contributed by atoms with Gasteiger partial charge in [-0.2, -0.15) is 8.78 Å². The highest BCUT2D eigenvalue weighted by molar-refractivity contribution is 7.52. The quantitative estimate of drug-likeness (QED) is 0.00665. The third-order valence-corrected chi connectivity index (χ3v) is 11.2. The molecule has 2 amide bonds. The van der Waals surface area contributed by atoms with Gasteiger partial charge in [0.2, 0.25) is 29.2 Å². The number of amides is 2. The van der Waals surface area contributed by atoms with Crippen molar-refractivity contribution in [3.8, 4) is 5.75 Å². The van der Waals surface area contributed by atoms with Gasteiger partial charge in [0.1, 0.15) is 36.6 Å². The predicted octanol–water partition coefficient (Wildman–Crippen LogP) is -3.97. The standard InChI is InChI=1S/C35H54F4N2O24P2/c1-15(4-10-66(54,55)56)25(44)27(46)29(48)34(53)62-13-18(32(50)41-19(33(51)52)14-63-35-30(49)28(47)26(45)20(64-35)5-11-67(57,58)59)40-21(42)2-6-60-8-9-61-7-3-22(43)65-31-23(38)16(36)12-17(37)24(31)39/h12,15,18-20,25-30,34-35,44-49,53H,2-11,13-14H2,1H3,(H,40,42)(H,41,50)(H,51,52)(H2,54,55,56)(H2,57,58,59)/t15?,18-,19-,20?,25?,26?,27?,28?,29?,30?,34?,35?/m0/s1. The van der Waals surface area contributed by atoms with Crippen LogP contribution >= 0.6 is 15.2 Å². The monoisotopic (exact) mass is 1020 g/mol. The van der Waals surface area contributed by atoms with Crippen molar-refractivity contribution in [2.24, 2.45) is 5.92 Å². The largest absolute Gasteiger partial charge is 0.480 e. The summed E-state index contributed by atoms with van der Waals surface area (Å²) < 4.78 is 107. The fourth-order valence-electron chi connectivity index (χ4n) is 5.67. The Labute approximate surface area is 377 Å². The lowest BCUT2D eigenvalue weighted by molar-refractivity contribution is -0.297. The number of hydrogen-bond acceptors (Lipinski definition) is 19. The van der Waals surface area contributed by atoms with Crippen LogP contribution in [0.5, 0.6) is 5.75 Å². The van der Waals surface area contributed by atoms with Crippen LogP contribution < -0.4 is 15.4 Å². The van der Waals surface area contributed by atoms with Crippen LogP contribution in [0.3, 0.4) is 0 Å². The van der Waals surface area contributed by atoms with E-state index in [9.17, 15) is 86.7 Å². The Morgan fingerprint density at radius 1 is 0.746 bits per heavy atom. The SMILES string of the molecule is CC(CCP(=O)(O)O)C(O)C(O)C(O)C(O)OC[C@H](NC(=O)CCOCCOCCC(=O)Oc1c(F)c(F)cc(F)c1F)C(=O)N[C@@H](COC1OC(CCP(=O)(O)O)C(O)C(O)C1O)C(=O)O. The summed E-state index contributed by atoms with van der Waals surface area (Å²) in [5.41, 5.74) is 0. The maximum Gasteiger partial charge on any atom is 0.328 e. The van der Waals surface area contributed by atoms with Crippen molar-refractivity contribution < 1.29 is 135 Å². The molecular formula is C35H54F4N2O24P2. The van der Waals surface area contributed by atoms with Crippen LogP contribution in [0.1, 0.15) is 32.6 Å². The summed E-state index contributed by atoms with van der Waals surface area (Å²) in [6, 6.07) is -4.15. The van der Waals surface area contributed by atoms with Crippen LogP contribution in [-0.2, 0) is 52.0 Å². The molecule has 1 aliphatic heterocycles. The molecule has 67 heavy (non-hydrogen) atoms. The van der Waals surface area contributed by atoms with Crippen molar-refractivity contribution in [3.63, 3.8) is 0 Å². The van der Waals surface area contributed by atoms with Crippen LogP contribution in [-0.4, -0.2) is 204 Å². The minimum absolute atomic E-state index is 0.0891. The van der Waals surface area contributed by atoms with Gasteiger partial charge in [0, 0.05) is 12.5 Å². The van der Waals surface area contributed by atoms with Gasteiger partial charge in [0.05, 0.1) is 70.6 Å². The second-order valence-corrected chi connectivity index (χ2v) is 18.4. The number of rotatable bonds is 30. The van der Waals surface area contributed by atoms with Gasteiger partial charge in [0.15, 0.2) is 30.3 Å². The number of halogens is 4. The second-order valence-electron chi connectivity index (χ2n) is 14.9. The Bertz CT molecular complexity index is 1860. The molecule has 386 valence electrons. The first-order chi connectivity index (χ1) is 31.0. The number of carboxylic acids is 1. The minimum atomic E-state index is -4.64. The molecule has 0 bridgehead atoms. The van der Waals surface area contributed by atoms with Gasteiger partial charge < -0.3 is 99.5 Å². The van der Waals surface area contributed by atoms with Crippen molar-refractivity contribution in [1.29, 1.82) is 0 Å². The van der Waals surface area contributed by atoms with Crippen molar-refractivity contribution in [2.45, 2.75) is 100.0 Å². The van der Waals surface area contributed by atoms with E-state index < -0.39 is 199 Å². The van der Waals surface area contributed by atoms with E-state index in [0.717, 1.165) is 0 Å². The predicted molar refractivity (Wildman–Crippen MR) is 209 cm³/mol. The topological polar surface area (TPSA) is 425 Å². The molecule has 0 aromatic heterocycles. The zero-order valence-electron chi connectivity index (χ0n) is 35.2. The van der Waals surface area contributed by atoms with Crippen molar-refractivity contribution >= 4 is 38.9 Å². The fraction of sp³-hybridized carbons (Fsp3) is 0.714. The third-order valence-electron chi connectivity index (χ3n) is 9.53. The van der Waals surface area contributed by atoms with Crippen LogP contribution in [0.15, 0.2) is 6.07 Å². The number of ether oxygens (including phenoxy) is 6. The summed E-state index contributed by atoms with van der Waals surface area (Å²) in [6.07, 6.45) is -22.0. The zero-order valence-corrected chi connectivity index (χ0v) is 37.0. The van der Waals surface area contributed by atoms with Gasteiger partial charge in [0.25, 0.3) is 0 Å². The summed E-state index contributed by atoms with van der Waals surface area (Å²) in [7, 11) is -9.16. The van der Waals surface area contributed by atoms with E-state index in [1.807, 2.05) is 5.32 Å². The van der Waals surface area contributed by atoms with Crippen molar-refractivity contribution in [3.05, 3.63) is 29.3 Å². The molecule has 1 aromatic carbocycles. The number of benzene rings is 1. The number of esters is 1. The molecule has 0 saturated carbocycles. The Hall–Kier alpha value is -3.36. The number of hydrogen-bond donors (Lipinski definition) is 14. The molecule has 0 spiro atoms. The molecule has 1 aliphatic rings. The van der Waals surface area contributed by atoms with E-state index in [2.05, 4.69) is 10.1 Å². The molecule has 0 aliphatic carbocycles. The highest BCUT2D eigenvalue weighted by Crippen LogP contribution is 2.38. The summed E-state index contributed by atoms with van der Waals surface area (Å²) >= 11 is 0. The third kappa shape index (κ3) is 20.6. The molecule has 1 fully saturated rings. The second kappa shape index (κ2) is 27.7. The lowest BCUT2D eigenvalue weighted by Crippen LogP contribution is -2.59. The summed E-state index contributed by atoms with van der Waals surface area (Å²) in [5, 5.41) is 86.4. The minimum Gasteiger partial charge on any atom is -0.480 e. The number of carbonyl (C=O) groups excluding carboxylic acids is 3. The molecular weight excluding hydrogens is 970 g/mol. The number of aliphatic carboxylic acids is 1. The van der Waals surface area contributed by atoms with E-state index in [-0.39, 0.29) is 25.7 Å². The zero-order chi connectivity index (χ0) is 51.0. The number of aliphatic hydroxyl groups excluding tert-OH is 7. The van der Waals surface area contributed by atoms with Gasteiger partial charge in [-0.3, -0.25) is 23.5 Å². The molecule has 1 aromatic rings. The Kier molecular flexibility index (Phi) is 24.7. The molecule has 1 saturated heterocycles. The van der Waals surface area contributed by atoms with E-state index >= 15 is 0 Å². The van der Waals surface area contributed by atoms with Crippen LogP contribution in [0.4, 0.5) is 17.6 Å². The summed E-state index contributed by atoms with van der Waals surface area (Å²) in [4.78, 5) is 86.8. The van der Waals surface area contributed by atoms with Gasteiger partial charge in [-0.05, 0) is 18.8 Å². The molecule has 14 N–H and O–H groups in total. The van der Waals surface area contributed by atoms with Gasteiger partial charge in [-0.25, -0.2) is 13.6 Å². The lowest BCUT2D eigenvalue weighted by Gasteiger charge is -2.40. The maximum atomic E-state index is 13.7. The summed E-state index contributed by atoms with van der Waals surface area (Å²) in [6.45, 7) is -2.30. The van der Waals surface area contributed by atoms with Crippen LogP contribution in [0, 0.1) is 29.2 Å². The molecule has 10 unspecified atom stereocenters. The maximum absolute atomic E-state index is 13.7.